The molecule has 0 radical (unpaired) electrons. The average molecular weight is 282 g/mol. The number of halogens is 1. The summed E-state index contributed by atoms with van der Waals surface area (Å²) in [4.78, 5) is 0. The van der Waals surface area contributed by atoms with Gasteiger partial charge in [0.15, 0.2) is 11.5 Å². The fourth-order valence-corrected chi connectivity index (χ4v) is 2.30. The molecule has 0 fully saturated rings. The van der Waals surface area contributed by atoms with Gasteiger partial charge in [0.2, 0.25) is 0 Å². The number of ether oxygens (including phenoxy) is 2. The van der Waals surface area contributed by atoms with Gasteiger partial charge < -0.3 is 14.8 Å². The summed E-state index contributed by atoms with van der Waals surface area (Å²) in [6.45, 7) is 7.95. The Balaban J connectivity index is 2.08. The van der Waals surface area contributed by atoms with E-state index in [0.717, 1.165) is 30.7 Å². The Morgan fingerprint density at radius 2 is 2.21 bits per heavy atom. The summed E-state index contributed by atoms with van der Waals surface area (Å²) in [6, 6.07) is 4.33. The summed E-state index contributed by atoms with van der Waals surface area (Å²) in [5, 5.41) is 4.04. The molecule has 19 heavy (non-hydrogen) atoms. The van der Waals surface area contributed by atoms with E-state index < -0.39 is 0 Å². The quantitative estimate of drug-likeness (QED) is 0.837. The molecule has 1 aliphatic rings. The summed E-state index contributed by atoms with van der Waals surface area (Å²) in [5.41, 5.74) is 1.10. The molecule has 0 bridgehead atoms. The minimum absolute atomic E-state index is 0.396. The van der Waals surface area contributed by atoms with Crippen molar-refractivity contribution in [3.05, 3.63) is 35.4 Å². The van der Waals surface area contributed by atoms with Crippen molar-refractivity contribution < 1.29 is 9.47 Å². The van der Waals surface area contributed by atoms with Gasteiger partial charge in [-0.2, -0.15) is 0 Å². The zero-order valence-corrected chi connectivity index (χ0v) is 12.0. The maximum absolute atomic E-state index is 6.25. The van der Waals surface area contributed by atoms with Crippen LogP contribution in [-0.2, 0) is 6.54 Å². The predicted molar refractivity (Wildman–Crippen MR) is 78.2 cm³/mol. The summed E-state index contributed by atoms with van der Waals surface area (Å²) in [7, 11) is 0. The van der Waals surface area contributed by atoms with Crippen LogP contribution in [0.15, 0.2) is 24.8 Å². The molecule has 1 N–H and O–H groups in total. The van der Waals surface area contributed by atoms with Crippen molar-refractivity contribution in [3.63, 3.8) is 0 Å². The van der Waals surface area contributed by atoms with E-state index in [-0.39, 0.29) is 0 Å². The Labute approximate surface area is 119 Å². The third kappa shape index (κ3) is 3.88. The standard InChI is InChI=1S/C15H20ClNO2/c1-3-5-11(2)17-10-12-8-13(16)15-14(9-12)18-6-4-7-19-15/h3,8-9,11,17H,1,4-7,10H2,2H3. The maximum atomic E-state index is 6.25. The van der Waals surface area contributed by atoms with Crippen LogP contribution >= 0.6 is 11.6 Å². The van der Waals surface area contributed by atoms with Gasteiger partial charge >= 0.3 is 0 Å². The van der Waals surface area contributed by atoms with Crippen molar-refractivity contribution in [1.29, 1.82) is 0 Å². The van der Waals surface area contributed by atoms with E-state index in [4.69, 9.17) is 21.1 Å². The topological polar surface area (TPSA) is 30.5 Å². The highest BCUT2D eigenvalue weighted by Crippen LogP contribution is 2.37. The molecule has 0 aromatic heterocycles. The molecule has 1 aliphatic heterocycles. The lowest BCUT2D eigenvalue weighted by molar-refractivity contribution is 0.297. The molecule has 0 amide bonds. The lowest BCUT2D eigenvalue weighted by Crippen LogP contribution is -2.24. The molecule has 4 heteroatoms. The summed E-state index contributed by atoms with van der Waals surface area (Å²) < 4.78 is 11.3. The van der Waals surface area contributed by atoms with Crippen molar-refractivity contribution >= 4 is 11.6 Å². The highest BCUT2D eigenvalue weighted by molar-refractivity contribution is 6.32. The number of rotatable bonds is 5. The second kappa shape index (κ2) is 6.83. The number of benzene rings is 1. The molecule has 104 valence electrons. The fourth-order valence-electron chi connectivity index (χ4n) is 2.01. The van der Waals surface area contributed by atoms with Gasteiger partial charge in [-0.05, 0) is 31.0 Å². The monoisotopic (exact) mass is 281 g/mol. The first-order valence-electron chi connectivity index (χ1n) is 6.63. The van der Waals surface area contributed by atoms with Crippen molar-refractivity contribution in [3.8, 4) is 11.5 Å². The van der Waals surface area contributed by atoms with E-state index in [2.05, 4.69) is 18.8 Å². The van der Waals surface area contributed by atoms with Crippen molar-refractivity contribution in [1.82, 2.24) is 5.32 Å². The van der Waals surface area contributed by atoms with Crippen LogP contribution in [-0.4, -0.2) is 19.3 Å². The lowest BCUT2D eigenvalue weighted by atomic mass is 10.1. The van der Waals surface area contributed by atoms with Crippen LogP contribution in [0.4, 0.5) is 0 Å². The first-order chi connectivity index (χ1) is 9.20. The smallest absolute Gasteiger partial charge is 0.179 e. The summed E-state index contributed by atoms with van der Waals surface area (Å²) in [5.74, 6) is 1.42. The molecular formula is C15H20ClNO2. The van der Waals surface area contributed by atoms with Gasteiger partial charge in [-0.15, -0.1) is 6.58 Å². The largest absolute Gasteiger partial charge is 0.489 e. The Morgan fingerprint density at radius 1 is 1.42 bits per heavy atom. The Morgan fingerprint density at radius 3 is 3.00 bits per heavy atom. The van der Waals surface area contributed by atoms with Crippen LogP contribution in [0.5, 0.6) is 11.5 Å². The molecule has 0 aliphatic carbocycles. The summed E-state index contributed by atoms with van der Waals surface area (Å²) >= 11 is 6.25. The summed E-state index contributed by atoms with van der Waals surface area (Å²) in [6.07, 6.45) is 3.74. The van der Waals surface area contributed by atoms with Gasteiger partial charge in [-0.3, -0.25) is 0 Å². The second-order valence-electron chi connectivity index (χ2n) is 4.76. The molecule has 0 spiro atoms. The van der Waals surface area contributed by atoms with Gasteiger partial charge in [0, 0.05) is 19.0 Å². The van der Waals surface area contributed by atoms with Crippen LogP contribution in [0.2, 0.25) is 5.02 Å². The molecule has 1 aromatic rings. The molecule has 1 heterocycles. The zero-order valence-electron chi connectivity index (χ0n) is 11.2. The van der Waals surface area contributed by atoms with Gasteiger partial charge in [0.1, 0.15) is 0 Å². The van der Waals surface area contributed by atoms with Crippen LogP contribution in [0.1, 0.15) is 25.3 Å². The minimum Gasteiger partial charge on any atom is -0.489 e. The van der Waals surface area contributed by atoms with Crippen LogP contribution in [0, 0.1) is 0 Å². The van der Waals surface area contributed by atoms with E-state index in [1.165, 1.54) is 0 Å². The zero-order chi connectivity index (χ0) is 13.7. The van der Waals surface area contributed by atoms with Crippen LogP contribution in [0.3, 0.4) is 0 Å². The van der Waals surface area contributed by atoms with Crippen molar-refractivity contribution in [2.24, 2.45) is 0 Å². The molecule has 0 saturated carbocycles. The third-order valence-electron chi connectivity index (χ3n) is 3.04. The number of nitrogens with one attached hydrogen (secondary N) is 1. The average Bonchev–Trinajstić information content (AvgIpc) is 2.62. The lowest BCUT2D eigenvalue weighted by Gasteiger charge is -2.14. The SMILES string of the molecule is C=CCC(C)NCc1cc(Cl)c2c(c1)OCCCO2. The molecule has 1 unspecified atom stereocenters. The van der Waals surface area contributed by atoms with Gasteiger partial charge in [0.05, 0.1) is 18.2 Å². The molecule has 3 nitrogen and oxygen atoms in total. The van der Waals surface area contributed by atoms with Gasteiger partial charge in [-0.1, -0.05) is 17.7 Å². The molecule has 2 rings (SSSR count). The molecule has 1 atom stereocenters. The van der Waals surface area contributed by atoms with Crippen LogP contribution < -0.4 is 14.8 Å². The third-order valence-corrected chi connectivity index (χ3v) is 3.32. The van der Waals surface area contributed by atoms with E-state index >= 15 is 0 Å². The minimum atomic E-state index is 0.396. The number of hydrogen-bond acceptors (Lipinski definition) is 3. The Kier molecular flexibility index (Phi) is 5.11. The van der Waals surface area contributed by atoms with E-state index in [1.54, 1.807) is 0 Å². The number of fused-ring (bicyclic) bond motifs is 1. The van der Waals surface area contributed by atoms with Crippen LogP contribution in [0.25, 0.3) is 0 Å². The highest BCUT2D eigenvalue weighted by atomic mass is 35.5. The van der Waals surface area contributed by atoms with Crippen molar-refractivity contribution in [2.45, 2.75) is 32.4 Å². The first kappa shape index (κ1) is 14.2. The van der Waals surface area contributed by atoms with Gasteiger partial charge in [-0.25, -0.2) is 0 Å². The number of hydrogen-bond donors (Lipinski definition) is 1. The highest BCUT2D eigenvalue weighted by Gasteiger charge is 2.15. The normalized spacial score (nSPS) is 15.7. The van der Waals surface area contributed by atoms with E-state index in [9.17, 15) is 0 Å². The Bertz CT molecular complexity index is 448. The predicted octanol–water partition coefficient (Wildman–Crippen LogP) is 3.56. The molecule has 1 aromatic carbocycles. The fraction of sp³-hybridized carbons (Fsp3) is 0.467. The second-order valence-corrected chi connectivity index (χ2v) is 5.17. The Hall–Kier alpha value is -1.19. The van der Waals surface area contributed by atoms with E-state index in [0.29, 0.717) is 30.0 Å². The van der Waals surface area contributed by atoms with E-state index in [1.807, 2.05) is 18.2 Å². The molecular weight excluding hydrogens is 262 g/mol. The maximum Gasteiger partial charge on any atom is 0.179 e. The van der Waals surface area contributed by atoms with Crippen molar-refractivity contribution in [2.75, 3.05) is 13.2 Å². The van der Waals surface area contributed by atoms with Gasteiger partial charge in [0.25, 0.3) is 0 Å². The molecule has 0 saturated heterocycles. The first-order valence-corrected chi connectivity index (χ1v) is 7.01.